The van der Waals surface area contributed by atoms with Gasteiger partial charge in [0.2, 0.25) is 11.8 Å². The van der Waals surface area contributed by atoms with Crippen molar-refractivity contribution < 1.29 is 4.42 Å². The molecule has 0 radical (unpaired) electrons. The molecule has 19 heavy (non-hydrogen) atoms. The zero-order valence-electron chi connectivity index (χ0n) is 10.3. The summed E-state index contributed by atoms with van der Waals surface area (Å²) in [6.07, 6.45) is 2.22. The van der Waals surface area contributed by atoms with Crippen LogP contribution in [0.3, 0.4) is 0 Å². The molecule has 0 bridgehead atoms. The van der Waals surface area contributed by atoms with E-state index in [-0.39, 0.29) is 5.57 Å². The Balaban J connectivity index is 2.27. The molecule has 0 unspecified atom stereocenters. The van der Waals surface area contributed by atoms with E-state index in [9.17, 15) is 0 Å². The largest absolute Gasteiger partial charge is 0.421 e. The molecule has 5 nitrogen and oxygen atoms in total. The molecule has 0 spiro atoms. The highest BCUT2D eigenvalue weighted by Crippen LogP contribution is 2.19. The first kappa shape index (κ1) is 12.5. The summed E-state index contributed by atoms with van der Waals surface area (Å²) in [6, 6.07) is 10.8. The summed E-state index contributed by atoms with van der Waals surface area (Å²) in [7, 11) is 0. The summed E-state index contributed by atoms with van der Waals surface area (Å²) in [4.78, 5) is 0. The molecule has 2 rings (SSSR count). The topological polar surface area (TPSA) is 86.5 Å². The van der Waals surface area contributed by atoms with Crippen LogP contribution in [0.4, 0.5) is 0 Å². The Morgan fingerprint density at radius 1 is 1.21 bits per heavy atom. The minimum atomic E-state index is 0.0683. The maximum atomic E-state index is 8.68. The molecule has 0 aliphatic heterocycles. The summed E-state index contributed by atoms with van der Waals surface area (Å²) < 4.78 is 5.44. The van der Waals surface area contributed by atoms with Crippen molar-refractivity contribution in [3.8, 4) is 23.6 Å². The number of aryl methyl sites for hydroxylation is 1. The summed E-state index contributed by atoms with van der Waals surface area (Å²) in [5, 5.41) is 25.2. The molecule has 0 aliphatic carbocycles. The second-order valence-electron chi connectivity index (χ2n) is 3.76. The number of hydrogen-bond donors (Lipinski definition) is 0. The van der Waals surface area contributed by atoms with Crippen LogP contribution in [0.5, 0.6) is 0 Å². The van der Waals surface area contributed by atoms with E-state index in [0.717, 1.165) is 11.1 Å². The van der Waals surface area contributed by atoms with Gasteiger partial charge in [0.15, 0.2) is 0 Å². The lowest BCUT2D eigenvalue weighted by atomic mass is 10.1. The minimum Gasteiger partial charge on any atom is -0.421 e. The van der Waals surface area contributed by atoms with Crippen LogP contribution >= 0.6 is 0 Å². The van der Waals surface area contributed by atoms with Crippen LogP contribution in [-0.2, 0) is 6.42 Å². The maximum Gasteiger partial charge on any atom is 0.247 e. The normalized spacial score (nSPS) is 9.42. The quantitative estimate of drug-likeness (QED) is 0.781. The lowest BCUT2D eigenvalue weighted by Gasteiger charge is -1.96. The van der Waals surface area contributed by atoms with Gasteiger partial charge in [-0.25, -0.2) is 0 Å². The standard InChI is InChI=1S/C14H10N4O/c1-2-13-17-18-14(19-13)12-5-3-10(4-6-12)7-11(8-15)9-16/h3-7H,2H2,1H3. The highest BCUT2D eigenvalue weighted by molar-refractivity contribution is 5.64. The van der Waals surface area contributed by atoms with E-state index in [1.165, 1.54) is 6.08 Å². The molecular weight excluding hydrogens is 240 g/mol. The van der Waals surface area contributed by atoms with Gasteiger partial charge < -0.3 is 4.42 Å². The van der Waals surface area contributed by atoms with Gasteiger partial charge in [0.25, 0.3) is 0 Å². The summed E-state index contributed by atoms with van der Waals surface area (Å²) in [6.45, 7) is 1.94. The van der Waals surface area contributed by atoms with Crippen molar-refractivity contribution in [1.82, 2.24) is 10.2 Å². The second kappa shape index (κ2) is 5.61. The molecule has 2 aromatic rings. The average molecular weight is 250 g/mol. The van der Waals surface area contributed by atoms with Crippen LogP contribution in [0.2, 0.25) is 0 Å². The van der Waals surface area contributed by atoms with E-state index >= 15 is 0 Å². The number of allylic oxidation sites excluding steroid dienone is 1. The molecule has 0 saturated carbocycles. The van der Waals surface area contributed by atoms with E-state index in [4.69, 9.17) is 14.9 Å². The molecule has 5 heteroatoms. The zero-order chi connectivity index (χ0) is 13.7. The molecule has 0 fully saturated rings. The van der Waals surface area contributed by atoms with Crippen molar-refractivity contribution in [1.29, 1.82) is 10.5 Å². The number of nitriles is 2. The predicted molar refractivity (Wildman–Crippen MR) is 68.3 cm³/mol. The molecule has 0 amide bonds. The van der Waals surface area contributed by atoms with E-state index in [2.05, 4.69) is 10.2 Å². The molecule has 0 aliphatic rings. The first-order valence-corrected chi connectivity index (χ1v) is 5.71. The van der Waals surface area contributed by atoms with Gasteiger partial charge in [-0.3, -0.25) is 0 Å². The van der Waals surface area contributed by atoms with Crippen molar-refractivity contribution in [3.63, 3.8) is 0 Å². The smallest absolute Gasteiger partial charge is 0.247 e. The Bertz CT molecular complexity index is 667. The maximum absolute atomic E-state index is 8.68. The predicted octanol–water partition coefficient (Wildman–Crippen LogP) is 2.73. The Morgan fingerprint density at radius 2 is 1.89 bits per heavy atom. The number of rotatable bonds is 3. The van der Waals surface area contributed by atoms with Gasteiger partial charge in [0.1, 0.15) is 17.7 Å². The molecule has 0 atom stereocenters. The van der Waals surface area contributed by atoms with Crippen LogP contribution < -0.4 is 0 Å². The highest BCUT2D eigenvalue weighted by Gasteiger charge is 2.06. The van der Waals surface area contributed by atoms with Crippen LogP contribution in [0, 0.1) is 22.7 Å². The fourth-order valence-corrected chi connectivity index (χ4v) is 1.49. The lowest BCUT2D eigenvalue weighted by molar-refractivity contribution is 0.513. The number of nitrogens with zero attached hydrogens (tertiary/aromatic N) is 4. The van der Waals surface area contributed by atoms with Gasteiger partial charge in [0, 0.05) is 12.0 Å². The SMILES string of the molecule is CCc1nnc(-c2ccc(C=C(C#N)C#N)cc2)o1. The molecule has 0 saturated heterocycles. The second-order valence-corrected chi connectivity index (χ2v) is 3.76. The van der Waals surface area contributed by atoms with Gasteiger partial charge >= 0.3 is 0 Å². The van der Waals surface area contributed by atoms with E-state index in [1.807, 2.05) is 31.2 Å². The third-order valence-corrected chi connectivity index (χ3v) is 2.48. The molecule has 1 aromatic carbocycles. The van der Waals surface area contributed by atoms with E-state index < -0.39 is 0 Å². The van der Waals surface area contributed by atoms with Crippen LogP contribution in [0.25, 0.3) is 17.5 Å². The minimum absolute atomic E-state index is 0.0683. The highest BCUT2D eigenvalue weighted by atomic mass is 16.4. The van der Waals surface area contributed by atoms with Gasteiger partial charge in [-0.1, -0.05) is 19.1 Å². The van der Waals surface area contributed by atoms with Gasteiger partial charge in [0.05, 0.1) is 0 Å². The van der Waals surface area contributed by atoms with Crippen molar-refractivity contribution >= 4 is 6.08 Å². The van der Waals surface area contributed by atoms with Gasteiger partial charge in [-0.2, -0.15) is 10.5 Å². The van der Waals surface area contributed by atoms with Crippen LogP contribution in [0.15, 0.2) is 34.3 Å². The Labute approximate surface area is 110 Å². The van der Waals surface area contributed by atoms with Gasteiger partial charge in [-0.05, 0) is 23.8 Å². The fourth-order valence-electron chi connectivity index (χ4n) is 1.49. The van der Waals surface area contributed by atoms with Crippen molar-refractivity contribution in [2.45, 2.75) is 13.3 Å². The van der Waals surface area contributed by atoms with Crippen molar-refractivity contribution in [2.24, 2.45) is 0 Å². The van der Waals surface area contributed by atoms with Crippen LogP contribution in [0.1, 0.15) is 18.4 Å². The third-order valence-electron chi connectivity index (χ3n) is 2.48. The van der Waals surface area contributed by atoms with Crippen molar-refractivity contribution in [2.75, 3.05) is 0 Å². The third kappa shape index (κ3) is 2.85. The summed E-state index contributed by atoms with van der Waals surface area (Å²) in [5.41, 5.74) is 1.65. The summed E-state index contributed by atoms with van der Waals surface area (Å²) in [5.74, 6) is 1.06. The molecule has 1 heterocycles. The van der Waals surface area contributed by atoms with E-state index in [1.54, 1.807) is 12.1 Å². The monoisotopic (exact) mass is 250 g/mol. The molecule has 1 aromatic heterocycles. The molecular formula is C14H10N4O. The first-order valence-electron chi connectivity index (χ1n) is 5.71. The number of hydrogen-bond acceptors (Lipinski definition) is 5. The Morgan fingerprint density at radius 3 is 2.42 bits per heavy atom. The Hall–Kier alpha value is -2.92. The average Bonchev–Trinajstić information content (AvgIpc) is 2.94. The fraction of sp³-hybridized carbons (Fsp3) is 0.143. The van der Waals surface area contributed by atoms with Crippen LogP contribution in [-0.4, -0.2) is 10.2 Å². The molecule has 0 N–H and O–H groups in total. The Kier molecular flexibility index (Phi) is 3.70. The van der Waals surface area contributed by atoms with Gasteiger partial charge in [-0.15, -0.1) is 10.2 Å². The number of benzene rings is 1. The van der Waals surface area contributed by atoms with Crippen molar-refractivity contribution in [3.05, 3.63) is 41.3 Å². The lowest BCUT2D eigenvalue weighted by Crippen LogP contribution is -1.80. The molecule has 92 valence electrons. The first-order chi connectivity index (χ1) is 9.26. The number of aromatic nitrogens is 2. The summed E-state index contributed by atoms with van der Waals surface area (Å²) >= 11 is 0. The zero-order valence-corrected chi connectivity index (χ0v) is 10.3. The van der Waals surface area contributed by atoms with E-state index in [0.29, 0.717) is 18.2 Å².